The lowest BCUT2D eigenvalue weighted by atomic mass is 9.99. The van der Waals surface area contributed by atoms with Gasteiger partial charge in [-0.15, -0.1) is 0 Å². The van der Waals surface area contributed by atoms with Crippen molar-refractivity contribution in [1.82, 2.24) is 20.9 Å². The maximum Gasteiger partial charge on any atom is 0.326 e. The van der Waals surface area contributed by atoms with E-state index in [1.165, 1.54) is 0 Å². The van der Waals surface area contributed by atoms with Gasteiger partial charge in [-0.3, -0.25) is 19.2 Å². The van der Waals surface area contributed by atoms with Crippen LogP contribution in [-0.2, 0) is 36.8 Å². The molecule has 0 saturated heterocycles. The molecular formula is C29H35N5O7. The van der Waals surface area contributed by atoms with Gasteiger partial charge in [0.15, 0.2) is 0 Å². The molecule has 12 nitrogen and oxygen atoms in total. The first-order chi connectivity index (χ1) is 19.5. The van der Waals surface area contributed by atoms with E-state index in [-0.39, 0.29) is 12.8 Å². The third-order valence-corrected chi connectivity index (χ3v) is 6.61. The summed E-state index contributed by atoms with van der Waals surface area (Å²) in [5.74, 6) is -5.52. The second kappa shape index (κ2) is 14.1. The van der Waals surface area contributed by atoms with E-state index < -0.39 is 66.2 Å². The molecule has 0 aliphatic rings. The van der Waals surface area contributed by atoms with Crippen molar-refractivity contribution in [2.45, 2.75) is 57.3 Å². The van der Waals surface area contributed by atoms with E-state index in [4.69, 9.17) is 10.8 Å². The van der Waals surface area contributed by atoms with Gasteiger partial charge in [0, 0.05) is 23.5 Å². The molecule has 0 radical (unpaired) electrons. The molecule has 1 aromatic heterocycles. The maximum absolute atomic E-state index is 13.5. The highest BCUT2D eigenvalue weighted by molar-refractivity contribution is 5.95. The molecule has 3 rings (SSSR count). The van der Waals surface area contributed by atoms with Crippen LogP contribution in [0.5, 0.6) is 0 Å². The molecule has 0 aliphatic carbocycles. The minimum absolute atomic E-state index is 0.0986. The van der Waals surface area contributed by atoms with Gasteiger partial charge in [0.05, 0.1) is 12.5 Å². The third kappa shape index (κ3) is 8.64. The van der Waals surface area contributed by atoms with E-state index in [1.807, 2.05) is 30.3 Å². The van der Waals surface area contributed by atoms with Gasteiger partial charge in [-0.05, 0) is 29.5 Å². The van der Waals surface area contributed by atoms with Crippen LogP contribution in [0.4, 0.5) is 0 Å². The highest BCUT2D eigenvalue weighted by Crippen LogP contribution is 2.19. The van der Waals surface area contributed by atoms with Crippen molar-refractivity contribution < 1.29 is 34.2 Å². The van der Waals surface area contributed by atoms with Crippen LogP contribution >= 0.6 is 0 Å². The lowest BCUT2D eigenvalue weighted by Crippen LogP contribution is -2.59. The number of aliphatic carboxylic acids is 2. The highest BCUT2D eigenvalue weighted by atomic mass is 16.4. The summed E-state index contributed by atoms with van der Waals surface area (Å²) >= 11 is 0. The third-order valence-electron chi connectivity index (χ3n) is 6.61. The largest absolute Gasteiger partial charge is 0.481 e. The number of nitrogens with one attached hydrogen (secondary N) is 4. The Kier molecular flexibility index (Phi) is 10.6. The summed E-state index contributed by atoms with van der Waals surface area (Å²) in [7, 11) is 0. The number of aromatic amines is 1. The average molecular weight is 566 g/mol. The van der Waals surface area contributed by atoms with Gasteiger partial charge in [-0.1, -0.05) is 62.4 Å². The molecular weight excluding hydrogens is 530 g/mol. The second-order valence-electron chi connectivity index (χ2n) is 10.1. The Hall–Kier alpha value is -4.71. The number of H-pyrrole nitrogens is 1. The lowest BCUT2D eigenvalue weighted by molar-refractivity contribution is -0.147. The van der Waals surface area contributed by atoms with Crippen LogP contribution in [0.1, 0.15) is 31.4 Å². The number of rotatable bonds is 14. The molecule has 4 atom stereocenters. The summed E-state index contributed by atoms with van der Waals surface area (Å²) in [6.45, 7) is 3.28. The van der Waals surface area contributed by atoms with Crippen molar-refractivity contribution in [3.05, 3.63) is 71.9 Å². The fraction of sp³-hybridized carbons (Fsp3) is 0.345. The maximum atomic E-state index is 13.5. The Morgan fingerprint density at radius 3 is 2.07 bits per heavy atom. The first-order valence-corrected chi connectivity index (χ1v) is 13.2. The molecule has 2 aromatic carbocycles. The number of carboxylic acids is 2. The molecule has 1 heterocycles. The van der Waals surface area contributed by atoms with Crippen LogP contribution in [-0.4, -0.2) is 69.0 Å². The number of carboxylic acid groups (broad SMARTS) is 2. The summed E-state index contributed by atoms with van der Waals surface area (Å²) in [6, 6.07) is 11.6. The van der Waals surface area contributed by atoms with Crippen LogP contribution in [0.3, 0.4) is 0 Å². The molecule has 4 unspecified atom stereocenters. The Morgan fingerprint density at radius 2 is 1.44 bits per heavy atom. The molecule has 8 N–H and O–H groups in total. The molecule has 0 spiro atoms. The molecule has 3 aromatic rings. The number of para-hydroxylation sites is 1. The minimum atomic E-state index is -1.68. The Bertz CT molecular complexity index is 1390. The topological polar surface area (TPSA) is 204 Å². The standard InChI is InChI=1S/C29H35N5O7/c1-16(2)25(28(39)33-23(29(40)41)14-24(35)36)34-27(38)22(12-17-8-4-3-5-9-17)32-26(37)20(30)13-18-15-31-21-11-7-6-10-19(18)21/h3-11,15-16,20,22-23,25,31H,12-14,30H2,1-2H3,(H,32,37)(H,33,39)(H,34,38)(H,35,36)(H,40,41). The van der Waals surface area contributed by atoms with E-state index in [2.05, 4.69) is 20.9 Å². The van der Waals surface area contributed by atoms with Gasteiger partial charge >= 0.3 is 11.9 Å². The quantitative estimate of drug-likeness (QED) is 0.150. The van der Waals surface area contributed by atoms with E-state index >= 15 is 0 Å². The van der Waals surface area contributed by atoms with E-state index in [0.717, 1.165) is 22.0 Å². The predicted octanol–water partition coefficient (Wildman–Crippen LogP) is 0.950. The van der Waals surface area contributed by atoms with Crippen molar-refractivity contribution >= 4 is 40.6 Å². The SMILES string of the molecule is CC(C)C(NC(=O)C(Cc1ccccc1)NC(=O)C(N)Cc1c[nH]c2ccccc12)C(=O)NC(CC(=O)O)C(=O)O. The van der Waals surface area contributed by atoms with E-state index in [9.17, 15) is 29.1 Å². The zero-order chi connectivity index (χ0) is 30.1. The molecule has 0 saturated carbocycles. The van der Waals surface area contributed by atoms with Gasteiger partial charge in [0.1, 0.15) is 18.1 Å². The lowest BCUT2D eigenvalue weighted by Gasteiger charge is -2.27. The summed E-state index contributed by atoms with van der Waals surface area (Å²) in [5.41, 5.74) is 8.73. The number of fused-ring (bicyclic) bond motifs is 1. The zero-order valence-corrected chi connectivity index (χ0v) is 22.8. The van der Waals surface area contributed by atoms with Gasteiger partial charge in [-0.2, -0.15) is 0 Å². The number of carbonyl (C=O) groups excluding carboxylic acids is 3. The highest BCUT2D eigenvalue weighted by Gasteiger charge is 2.32. The van der Waals surface area contributed by atoms with E-state index in [0.29, 0.717) is 0 Å². The molecule has 0 bridgehead atoms. The number of nitrogens with two attached hydrogens (primary N) is 1. The monoisotopic (exact) mass is 565 g/mol. The number of aromatic nitrogens is 1. The van der Waals surface area contributed by atoms with Crippen molar-refractivity contribution in [3.63, 3.8) is 0 Å². The average Bonchev–Trinajstić information content (AvgIpc) is 3.33. The Morgan fingerprint density at radius 1 is 0.805 bits per heavy atom. The first-order valence-electron chi connectivity index (χ1n) is 13.2. The normalized spacial score (nSPS) is 14.0. The fourth-order valence-electron chi connectivity index (χ4n) is 4.39. The van der Waals surface area contributed by atoms with Gasteiger partial charge in [0.2, 0.25) is 17.7 Å². The first kappa shape index (κ1) is 30.8. The Balaban J connectivity index is 1.76. The summed E-state index contributed by atoms with van der Waals surface area (Å²) in [6.07, 6.45) is 1.27. The molecule has 218 valence electrons. The smallest absolute Gasteiger partial charge is 0.326 e. The zero-order valence-electron chi connectivity index (χ0n) is 22.8. The summed E-state index contributed by atoms with van der Waals surface area (Å²) in [4.78, 5) is 65.1. The second-order valence-corrected chi connectivity index (χ2v) is 10.1. The molecule has 0 fully saturated rings. The molecule has 41 heavy (non-hydrogen) atoms. The van der Waals surface area contributed by atoms with Crippen LogP contribution in [0.15, 0.2) is 60.8 Å². The summed E-state index contributed by atoms with van der Waals surface area (Å²) < 4.78 is 0. The summed E-state index contributed by atoms with van der Waals surface area (Å²) in [5, 5.41) is 26.7. The number of hydrogen-bond acceptors (Lipinski definition) is 6. The van der Waals surface area contributed by atoms with Crippen molar-refractivity contribution in [3.8, 4) is 0 Å². The number of benzene rings is 2. The Labute approximate surface area is 236 Å². The van der Waals surface area contributed by atoms with E-state index in [1.54, 1.807) is 44.3 Å². The number of hydrogen-bond donors (Lipinski definition) is 7. The van der Waals surface area contributed by atoms with Crippen molar-refractivity contribution in [2.24, 2.45) is 11.7 Å². The fourth-order valence-corrected chi connectivity index (χ4v) is 4.39. The predicted molar refractivity (Wildman–Crippen MR) is 151 cm³/mol. The number of carbonyl (C=O) groups is 5. The van der Waals surface area contributed by atoms with Gasteiger partial charge in [-0.25, -0.2) is 4.79 Å². The number of amides is 3. The van der Waals surface area contributed by atoms with Crippen LogP contribution in [0, 0.1) is 5.92 Å². The molecule has 12 heteroatoms. The van der Waals surface area contributed by atoms with Crippen LogP contribution < -0.4 is 21.7 Å². The van der Waals surface area contributed by atoms with Crippen molar-refractivity contribution in [2.75, 3.05) is 0 Å². The molecule has 0 aliphatic heterocycles. The van der Waals surface area contributed by atoms with Crippen LogP contribution in [0.2, 0.25) is 0 Å². The minimum Gasteiger partial charge on any atom is -0.481 e. The van der Waals surface area contributed by atoms with Crippen molar-refractivity contribution in [1.29, 1.82) is 0 Å². The van der Waals surface area contributed by atoms with Gasteiger partial charge in [0.25, 0.3) is 0 Å². The molecule has 3 amide bonds. The van der Waals surface area contributed by atoms with Crippen LogP contribution in [0.25, 0.3) is 10.9 Å². The van der Waals surface area contributed by atoms with Gasteiger partial charge < -0.3 is 36.9 Å².